The van der Waals surface area contributed by atoms with Crippen molar-refractivity contribution in [3.8, 4) is 0 Å². The van der Waals surface area contributed by atoms with Crippen LogP contribution in [0.4, 0.5) is 5.69 Å². The second-order valence-corrected chi connectivity index (χ2v) is 12.6. The number of anilines is 1. The van der Waals surface area contributed by atoms with Gasteiger partial charge in [-0.3, -0.25) is 14.6 Å². The zero-order valence-electron chi connectivity index (χ0n) is 18.0. The maximum atomic E-state index is 12.7. The molecule has 4 rings (SSSR count). The van der Waals surface area contributed by atoms with E-state index in [9.17, 15) is 21.6 Å². The third-order valence-electron chi connectivity index (χ3n) is 6.24. The number of rotatable bonds is 6. The third-order valence-corrected chi connectivity index (χ3v) is 9.91. The molecule has 0 radical (unpaired) electrons. The molecule has 3 aliphatic heterocycles. The Kier molecular flexibility index (Phi) is 7.18. The molecule has 0 saturated carbocycles. The Morgan fingerprint density at radius 3 is 2.28 bits per heavy atom. The molecule has 1 atom stereocenters. The van der Waals surface area contributed by atoms with Crippen LogP contribution in [0.3, 0.4) is 0 Å². The second-order valence-electron chi connectivity index (χ2n) is 8.46. The fourth-order valence-corrected chi connectivity index (χ4v) is 7.57. The topological polar surface area (TPSA) is 116 Å². The fourth-order valence-electron chi connectivity index (χ4n) is 4.40. The summed E-state index contributed by atoms with van der Waals surface area (Å²) >= 11 is 0. The van der Waals surface area contributed by atoms with Crippen LogP contribution in [-0.4, -0.2) is 113 Å². The van der Waals surface area contributed by atoms with Crippen LogP contribution in [0.15, 0.2) is 29.2 Å². The van der Waals surface area contributed by atoms with Gasteiger partial charge in [-0.2, -0.15) is 4.31 Å². The van der Waals surface area contributed by atoms with E-state index in [-0.39, 0.29) is 34.9 Å². The van der Waals surface area contributed by atoms with Crippen molar-refractivity contribution in [2.45, 2.75) is 17.4 Å². The van der Waals surface area contributed by atoms with Crippen molar-refractivity contribution in [3.63, 3.8) is 0 Å². The summed E-state index contributed by atoms with van der Waals surface area (Å²) < 4.78 is 55.4. The van der Waals surface area contributed by atoms with E-state index in [1.54, 1.807) is 12.1 Å². The number of piperazine rings is 1. The van der Waals surface area contributed by atoms with Crippen LogP contribution >= 0.6 is 0 Å². The first kappa shape index (κ1) is 23.6. The summed E-state index contributed by atoms with van der Waals surface area (Å²) in [6.45, 7) is 4.62. The zero-order chi connectivity index (χ0) is 22.8. The Balaban J connectivity index is 1.25. The number of hydrogen-bond acceptors (Lipinski definition) is 8. The molecule has 1 N–H and O–H groups in total. The maximum Gasteiger partial charge on any atom is 0.243 e. The number of morpholine rings is 1. The van der Waals surface area contributed by atoms with Crippen LogP contribution in [-0.2, 0) is 29.4 Å². The van der Waals surface area contributed by atoms with Crippen molar-refractivity contribution in [1.29, 1.82) is 0 Å². The predicted octanol–water partition coefficient (Wildman–Crippen LogP) is -0.549. The number of benzene rings is 1. The summed E-state index contributed by atoms with van der Waals surface area (Å²) in [5.41, 5.74) is 0.547. The predicted molar refractivity (Wildman–Crippen MR) is 120 cm³/mol. The van der Waals surface area contributed by atoms with Gasteiger partial charge in [0.1, 0.15) is 0 Å². The summed E-state index contributed by atoms with van der Waals surface area (Å²) in [5, 5.41) is 2.82. The molecule has 12 heteroatoms. The van der Waals surface area contributed by atoms with Gasteiger partial charge in [0, 0.05) is 51.0 Å². The first-order valence-corrected chi connectivity index (χ1v) is 14.1. The number of hydrogen-bond donors (Lipinski definition) is 1. The van der Waals surface area contributed by atoms with Gasteiger partial charge in [-0.15, -0.1) is 0 Å². The van der Waals surface area contributed by atoms with Crippen LogP contribution < -0.4 is 5.32 Å². The Morgan fingerprint density at radius 2 is 1.69 bits per heavy atom. The Morgan fingerprint density at radius 1 is 1.03 bits per heavy atom. The van der Waals surface area contributed by atoms with E-state index in [0.717, 1.165) is 13.1 Å². The van der Waals surface area contributed by atoms with E-state index in [1.165, 1.54) is 16.4 Å². The smallest absolute Gasteiger partial charge is 0.243 e. The van der Waals surface area contributed by atoms with E-state index in [2.05, 4.69) is 10.2 Å². The van der Waals surface area contributed by atoms with Gasteiger partial charge in [-0.05, 0) is 30.7 Å². The molecule has 178 valence electrons. The summed E-state index contributed by atoms with van der Waals surface area (Å²) in [6, 6.07) is 6.32. The van der Waals surface area contributed by atoms with Crippen LogP contribution in [0.5, 0.6) is 0 Å². The highest BCUT2D eigenvalue weighted by atomic mass is 32.2. The monoisotopic (exact) mass is 486 g/mol. The molecule has 0 aromatic heterocycles. The van der Waals surface area contributed by atoms with Crippen molar-refractivity contribution in [1.82, 2.24) is 14.1 Å². The van der Waals surface area contributed by atoms with Gasteiger partial charge >= 0.3 is 0 Å². The maximum absolute atomic E-state index is 12.7. The summed E-state index contributed by atoms with van der Waals surface area (Å²) in [7, 11) is -6.46. The number of nitrogens with one attached hydrogen (secondary N) is 1. The van der Waals surface area contributed by atoms with Crippen LogP contribution in [0.2, 0.25) is 0 Å². The number of carbonyl (C=O) groups excluding carboxylic acids is 1. The number of nitrogens with zero attached hydrogens (tertiary/aromatic N) is 3. The first-order chi connectivity index (χ1) is 15.2. The molecule has 3 heterocycles. The third kappa shape index (κ3) is 5.67. The van der Waals surface area contributed by atoms with E-state index >= 15 is 0 Å². The molecule has 0 aliphatic carbocycles. The second kappa shape index (κ2) is 9.74. The van der Waals surface area contributed by atoms with Crippen molar-refractivity contribution in [2.24, 2.45) is 0 Å². The zero-order valence-corrected chi connectivity index (χ0v) is 19.6. The van der Waals surface area contributed by atoms with Crippen LogP contribution in [0, 0.1) is 0 Å². The average Bonchev–Trinajstić information content (AvgIpc) is 3.15. The molecule has 10 nitrogen and oxygen atoms in total. The Bertz CT molecular complexity index is 1010. The summed E-state index contributed by atoms with van der Waals surface area (Å²) in [4.78, 5) is 16.9. The van der Waals surface area contributed by atoms with Crippen molar-refractivity contribution in [2.75, 3.05) is 75.8 Å². The number of amides is 1. The Labute approximate surface area is 189 Å². The molecule has 1 amide bonds. The van der Waals surface area contributed by atoms with Gasteiger partial charge in [0.15, 0.2) is 9.84 Å². The lowest BCUT2D eigenvalue weighted by Gasteiger charge is -2.37. The standard InChI is InChI=1S/C20H30N4O6S2/c25-20(15-22-6-8-23(9-7-22)18-5-14-31(26,27)16-18)21-17-1-3-19(4-2-17)32(28,29)24-10-12-30-13-11-24/h1-4,18H,5-16H2,(H,21,25). The van der Waals surface area contributed by atoms with Crippen molar-refractivity contribution < 1.29 is 26.4 Å². The minimum atomic E-state index is -3.56. The minimum absolute atomic E-state index is 0.100. The molecule has 1 unspecified atom stereocenters. The summed E-state index contributed by atoms with van der Waals surface area (Å²) in [6.07, 6.45) is 0.695. The van der Waals surface area contributed by atoms with E-state index in [0.29, 0.717) is 51.5 Å². The number of sulfone groups is 1. The largest absolute Gasteiger partial charge is 0.379 e. The molecular formula is C20H30N4O6S2. The number of ether oxygens (including phenoxy) is 1. The SMILES string of the molecule is O=C(CN1CCN(C2CCS(=O)(=O)C2)CC1)Nc1ccc(S(=O)(=O)N2CCOCC2)cc1. The number of sulfonamides is 1. The van der Waals surface area contributed by atoms with Crippen molar-refractivity contribution in [3.05, 3.63) is 24.3 Å². The molecule has 0 bridgehead atoms. The van der Waals surface area contributed by atoms with Gasteiger partial charge < -0.3 is 10.1 Å². The van der Waals surface area contributed by atoms with Gasteiger partial charge in [-0.25, -0.2) is 16.8 Å². The van der Waals surface area contributed by atoms with Gasteiger partial charge in [-0.1, -0.05) is 0 Å². The van der Waals surface area contributed by atoms with E-state index in [4.69, 9.17) is 4.74 Å². The molecule has 0 spiro atoms. The average molecular weight is 487 g/mol. The molecule has 1 aromatic carbocycles. The molecule has 1 aromatic rings. The molecule has 3 fully saturated rings. The quantitative estimate of drug-likeness (QED) is 0.570. The van der Waals surface area contributed by atoms with Crippen LogP contribution in [0.25, 0.3) is 0 Å². The molecule has 3 saturated heterocycles. The lowest BCUT2D eigenvalue weighted by Crippen LogP contribution is -2.52. The Hall–Kier alpha value is -1.57. The molecule has 32 heavy (non-hydrogen) atoms. The normalized spacial score (nSPS) is 25.6. The lowest BCUT2D eigenvalue weighted by atomic mass is 10.2. The molecular weight excluding hydrogens is 456 g/mol. The van der Waals surface area contributed by atoms with E-state index < -0.39 is 19.9 Å². The van der Waals surface area contributed by atoms with Gasteiger partial charge in [0.05, 0.1) is 36.2 Å². The first-order valence-electron chi connectivity index (χ1n) is 10.9. The highest BCUT2D eigenvalue weighted by Gasteiger charge is 2.34. The van der Waals surface area contributed by atoms with Crippen LogP contribution in [0.1, 0.15) is 6.42 Å². The minimum Gasteiger partial charge on any atom is -0.379 e. The lowest BCUT2D eigenvalue weighted by molar-refractivity contribution is -0.117. The highest BCUT2D eigenvalue weighted by Crippen LogP contribution is 2.21. The summed E-state index contributed by atoms with van der Waals surface area (Å²) in [5.74, 6) is 0.350. The van der Waals surface area contributed by atoms with Gasteiger partial charge in [0.25, 0.3) is 0 Å². The van der Waals surface area contributed by atoms with Gasteiger partial charge in [0.2, 0.25) is 15.9 Å². The van der Waals surface area contributed by atoms with Crippen molar-refractivity contribution >= 4 is 31.5 Å². The molecule has 3 aliphatic rings. The number of carbonyl (C=O) groups is 1. The van der Waals surface area contributed by atoms with E-state index in [1.807, 2.05) is 4.90 Å². The highest BCUT2D eigenvalue weighted by molar-refractivity contribution is 7.91. The fraction of sp³-hybridized carbons (Fsp3) is 0.650.